The van der Waals surface area contributed by atoms with Crippen molar-refractivity contribution in [2.45, 2.75) is 26.7 Å². The van der Waals surface area contributed by atoms with E-state index in [0.717, 1.165) is 24.0 Å². The van der Waals surface area contributed by atoms with Crippen LogP contribution in [0.3, 0.4) is 0 Å². The fourth-order valence-corrected chi connectivity index (χ4v) is 1.92. The minimum atomic E-state index is -0.518. The molecule has 0 spiro atoms. The van der Waals surface area contributed by atoms with Crippen molar-refractivity contribution in [3.8, 4) is 0 Å². The summed E-state index contributed by atoms with van der Waals surface area (Å²) in [5, 5.41) is 0. The SMILES string of the molecule is CCCc1cc(C)cc2c1C(=O)OC2=O. The molecule has 0 radical (unpaired) electrons. The second kappa shape index (κ2) is 3.50. The molecule has 0 aromatic heterocycles. The van der Waals surface area contributed by atoms with Gasteiger partial charge >= 0.3 is 11.9 Å². The Morgan fingerprint density at radius 3 is 2.60 bits per heavy atom. The lowest BCUT2D eigenvalue weighted by Crippen LogP contribution is -2.01. The van der Waals surface area contributed by atoms with Gasteiger partial charge in [-0.2, -0.15) is 0 Å². The van der Waals surface area contributed by atoms with Crippen LogP contribution < -0.4 is 0 Å². The van der Waals surface area contributed by atoms with Crippen LogP contribution in [0.25, 0.3) is 0 Å². The quantitative estimate of drug-likeness (QED) is 0.548. The van der Waals surface area contributed by atoms with Gasteiger partial charge in [0.2, 0.25) is 0 Å². The topological polar surface area (TPSA) is 43.4 Å². The van der Waals surface area contributed by atoms with Crippen LogP contribution in [-0.4, -0.2) is 11.9 Å². The Balaban J connectivity index is 2.62. The van der Waals surface area contributed by atoms with Gasteiger partial charge in [-0.1, -0.05) is 19.4 Å². The number of aryl methyl sites for hydroxylation is 2. The fraction of sp³-hybridized carbons (Fsp3) is 0.333. The molecule has 15 heavy (non-hydrogen) atoms. The van der Waals surface area contributed by atoms with Gasteiger partial charge in [0.05, 0.1) is 11.1 Å². The highest BCUT2D eigenvalue weighted by molar-refractivity contribution is 6.15. The minimum absolute atomic E-state index is 0.420. The maximum atomic E-state index is 11.4. The average Bonchev–Trinajstić information content (AvgIpc) is 2.42. The minimum Gasteiger partial charge on any atom is -0.386 e. The molecule has 1 heterocycles. The highest BCUT2D eigenvalue weighted by atomic mass is 16.6. The number of hydrogen-bond donors (Lipinski definition) is 0. The first-order valence-electron chi connectivity index (χ1n) is 5.03. The Morgan fingerprint density at radius 1 is 1.20 bits per heavy atom. The summed E-state index contributed by atoms with van der Waals surface area (Å²) in [5.74, 6) is -1.02. The maximum Gasteiger partial charge on any atom is 0.347 e. The Kier molecular flexibility index (Phi) is 2.31. The molecule has 0 atom stereocenters. The summed E-state index contributed by atoms with van der Waals surface area (Å²) in [4.78, 5) is 22.8. The standard InChI is InChI=1S/C12H12O3/c1-3-4-8-5-7(2)6-9-10(8)12(14)15-11(9)13/h5-6H,3-4H2,1-2H3. The predicted molar refractivity (Wildman–Crippen MR) is 54.9 cm³/mol. The maximum absolute atomic E-state index is 11.4. The summed E-state index contributed by atoms with van der Waals surface area (Å²) in [6.45, 7) is 3.95. The molecule has 3 heteroatoms. The van der Waals surface area contributed by atoms with Crippen LogP contribution in [0.5, 0.6) is 0 Å². The molecule has 1 aliphatic heterocycles. The molecule has 0 N–H and O–H groups in total. The highest BCUT2D eigenvalue weighted by Gasteiger charge is 2.31. The van der Waals surface area contributed by atoms with Gasteiger partial charge in [0, 0.05) is 0 Å². The number of esters is 2. The van der Waals surface area contributed by atoms with E-state index in [9.17, 15) is 9.59 Å². The lowest BCUT2D eigenvalue weighted by Gasteiger charge is -2.04. The van der Waals surface area contributed by atoms with Crippen molar-refractivity contribution in [1.82, 2.24) is 0 Å². The Hall–Kier alpha value is -1.64. The first kappa shape index (κ1) is 9.90. The molecule has 0 amide bonds. The third kappa shape index (κ3) is 1.54. The zero-order chi connectivity index (χ0) is 11.0. The molecule has 2 rings (SSSR count). The van der Waals surface area contributed by atoms with E-state index in [2.05, 4.69) is 4.74 Å². The molecular formula is C12H12O3. The van der Waals surface area contributed by atoms with Crippen molar-refractivity contribution >= 4 is 11.9 Å². The van der Waals surface area contributed by atoms with E-state index in [1.54, 1.807) is 6.07 Å². The van der Waals surface area contributed by atoms with Crippen molar-refractivity contribution in [2.75, 3.05) is 0 Å². The van der Waals surface area contributed by atoms with Crippen molar-refractivity contribution < 1.29 is 14.3 Å². The summed E-state index contributed by atoms with van der Waals surface area (Å²) in [5.41, 5.74) is 2.79. The summed E-state index contributed by atoms with van der Waals surface area (Å²) in [7, 11) is 0. The van der Waals surface area contributed by atoms with Crippen LogP contribution in [0.4, 0.5) is 0 Å². The number of rotatable bonds is 2. The first-order chi connectivity index (χ1) is 7.13. The smallest absolute Gasteiger partial charge is 0.347 e. The highest BCUT2D eigenvalue weighted by Crippen LogP contribution is 2.26. The van der Waals surface area contributed by atoms with E-state index in [1.807, 2.05) is 19.9 Å². The molecule has 78 valence electrons. The van der Waals surface area contributed by atoms with E-state index < -0.39 is 11.9 Å². The summed E-state index contributed by atoms with van der Waals surface area (Å²) in [6.07, 6.45) is 1.74. The van der Waals surface area contributed by atoms with Crippen molar-refractivity contribution in [3.05, 3.63) is 34.4 Å². The Bertz CT molecular complexity index is 446. The summed E-state index contributed by atoms with van der Waals surface area (Å²) >= 11 is 0. The fourth-order valence-electron chi connectivity index (χ4n) is 1.92. The van der Waals surface area contributed by atoms with Crippen LogP contribution in [-0.2, 0) is 11.2 Å². The van der Waals surface area contributed by atoms with Gasteiger partial charge in [-0.3, -0.25) is 0 Å². The lowest BCUT2D eigenvalue weighted by atomic mass is 9.97. The third-order valence-electron chi connectivity index (χ3n) is 2.49. The number of fused-ring (bicyclic) bond motifs is 1. The lowest BCUT2D eigenvalue weighted by molar-refractivity contribution is 0.0443. The third-order valence-corrected chi connectivity index (χ3v) is 2.49. The molecule has 0 bridgehead atoms. The van der Waals surface area contributed by atoms with Gasteiger partial charge in [-0.05, 0) is 30.5 Å². The molecular weight excluding hydrogens is 192 g/mol. The molecule has 0 saturated carbocycles. The van der Waals surface area contributed by atoms with Gasteiger partial charge in [0.1, 0.15) is 0 Å². The molecule has 1 aliphatic rings. The van der Waals surface area contributed by atoms with Crippen LogP contribution in [0.1, 0.15) is 45.2 Å². The largest absolute Gasteiger partial charge is 0.386 e. The van der Waals surface area contributed by atoms with Gasteiger partial charge < -0.3 is 4.74 Å². The van der Waals surface area contributed by atoms with E-state index >= 15 is 0 Å². The summed E-state index contributed by atoms with van der Waals surface area (Å²) < 4.78 is 4.60. The monoisotopic (exact) mass is 204 g/mol. The van der Waals surface area contributed by atoms with Crippen LogP contribution in [0.2, 0.25) is 0 Å². The second-order valence-corrected chi connectivity index (χ2v) is 3.77. The van der Waals surface area contributed by atoms with Crippen LogP contribution in [0, 0.1) is 6.92 Å². The Morgan fingerprint density at radius 2 is 1.93 bits per heavy atom. The van der Waals surface area contributed by atoms with Crippen molar-refractivity contribution in [2.24, 2.45) is 0 Å². The molecule has 0 aliphatic carbocycles. The number of ether oxygens (including phenoxy) is 1. The van der Waals surface area contributed by atoms with Gasteiger partial charge in [0.15, 0.2) is 0 Å². The van der Waals surface area contributed by atoms with Crippen molar-refractivity contribution in [3.63, 3.8) is 0 Å². The normalized spacial score (nSPS) is 14.0. The zero-order valence-electron chi connectivity index (χ0n) is 8.79. The molecule has 0 saturated heterocycles. The predicted octanol–water partition coefficient (Wildman–Crippen LogP) is 2.26. The molecule has 0 fully saturated rings. The van der Waals surface area contributed by atoms with Gasteiger partial charge in [0.25, 0.3) is 0 Å². The number of benzene rings is 1. The zero-order valence-corrected chi connectivity index (χ0v) is 8.79. The molecule has 1 aromatic rings. The number of hydrogen-bond acceptors (Lipinski definition) is 3. The summed E-state index contributed by atoms with van der Waals surface area (Å²) in [6, 6.07) is 3.66. The number of carbonyl (C=O) groups is 2. The van der Waals surface area contributed by atoms with Gasteiger partial charge in [-0.15, -0.1) is 0 Å². The van der Waals surface area contributed by atoms with Gasteiger partial charge in [-0.25, -0.2) is 9.59 Å². The average molecular weight is 204 g/mol. The molecule has 0 unspecified atom stereocenters. The molecule has 3 nitrogen and oxygen atoms in total. The van der Waals surface area contributed by atoms with Crippen molar-refractivity contribution in [1.29, 1.82) is 0 Å². The van der Waals surface area contributed by atoms with Crippen LogP contribution in [0.15, 0.2) is 12.1 Å². The van der Waals surface area contributed by atoms with E-state index in [-0.39, 0.29) is 0 Å². The van der Waals surface area contributed by atoms with E-state index in [1.165, 1.54) is 0 Å². The van der Waals surface area contributed by atoms with E-state index in [4.69, 9.17) is 0 Å². The Labute approximate surface area is 88.1 Å². The van der Waals surface area contributed by atoms with Crippen LogP contribution >= 0.6 is 0 Å². The van der Waals surface area contributed by atoms with E-state index in [0.29, 0.717) is 11.1 Å². The number of cyclic esters (lactones) is 2. The number of carbonyl (C=O) groups excluding carboxylic acids is 2. The molecule has 1 aromatic carbocycles. The second-order valence-electron chi connectivity index (χ2n) is 3.77. The first-order valence-corrected chi connectivity index (χ1v) is 5.03.